The predicted molar refractivity (Wildman–Crippen MR) is 67.7 cm³/mol. The van der Waals surface area contributed by atoms with Gasteiger partial charge in [-0.1, -0.05) is 18.2 Å². The number of aromatic amines is 1. The van der Waals surface area contributed by atoms with Gasteiger partial charge in [-0.3, -0.25) is 0 Å². The van der Waals surface area contributed by atoms with Crippen molar-refractivity contribution in [2.75, 3.05) is 13.1 Å². The smallest absolute Gasteiger partial charge is 0.130 e. The Morgan fingerprint density at radius 3 is 2.76 bits per heavy atom. The van der Waals surface area contributed by atoms with Crippen LogP contribution in [-0.2, 0) is 0 Å². The van der Waals surface area contributed by atoms with Crippen molar-refractivity contribution in [1.82, 2.24) is 10.3 Å². The van der Waals surface area contributed by atoms with Crippen LogP contribution in [0.15, 0.2) is 30.5 Å². The van der Waals surface area contributed by atoms with Gasteiger partial charge in [0, 0.05) is 22.7 Å². The molecule has 0 saturated carbocycles. The Bertz CT molecular complexity index is 500. The van der Waals surface area contributed by atoms with E-state index in [1.165, 1.54) is 0 Å². The Balaban J connectivity index is 1.92. The number of piperidine rings is 1. The lowest BCUT2D eigenvalue weighted by atomic mass is 9.89. The predicted octanol–water partition coefficient (Wildman–Crippen LogP) is 3.18. The molecule has 3 heteroatoms. The lowest BCUT2D eigenvalue weighted by Gasteiger charge is -2.25. The van der Waals surface area contributed by atoms with Crippen molar-refractivity contribution in [3.63, 3.8) is 0 Å². The van der Waals surface area contributed by atoms with E-state index in [0.717, 1.165) is 42.4 Å². The molecule has 0 spiro atoms. The number of fused-ring (bicyclic) bond motifs is 1. The van der Waals surface area contributed by atoms with E-state index in [0.29, 0.717) is 0 Å². The highest BCUT2D eigenvalue weighted by molar-refractivity contribution is 5.83. The molecule has 2 nitrogen and oxygen atoms in total. The van der Waals surface area contributed by atoms with Crippen molar-refractivity contribution in [1.29, 1.82) is 0 Å². The maximum atomic E-state index is 14.5. The molecule has 1 atom stereocenters. The zero-order valence-electron chi connectivity index (χ0n) is 9.75. The molecule has 1 saturated heterocycles. The number of nitrogens with one attached hydrogen (secondary N) is 2. The first-order valence-electron chi connectivity index (χ1n) is 6.27. The van der Waals surface area contributed by atoms with E-state index < -0.39 is 6.17 Å². The molecule has 2 heterocycles. The van der Waals surface area contributed by atoms with Gasteiger partial charge >= 0.3 is 0 Å². The minimum absolute atomic E-state index is 0.162. The van der Waals surface area contributed by atoms with Gasteiger partial charge in [-0.2, -0.15) is 0 Å². The highest BCUT2D eigenvalue weighted by Gasteiger charge is 2.26. The van der Waals surface area contributed by atoms with Gasteiger partial charge in [0.25, 0.3) is 0 Å². The van der Waals surface area contributed by atoms with Crippen molar-refractivity contribution < 1.29 is 4.39 Å². The third-order valence-corrected chi connectivity index (χ3v) is 3.72. The van der Waals surface area contributed by atoms with Gasteiger partial charge < -0.3 is 10.3 Å². The number of H-pyrrole nitrogens is 1. The average molecular weight is 232 g/mol. The van der Waals surface area contributed by atoms with Crippen LogP contribution < -0.4 is 5.32 Å². The van der Waals surface area contributed by atoms with E-state index >= 15 is 0 Å². The molecule has 0 bridgehead atoms. The van der Waals surface area contributed by atoms with E-state index in [1.807, 2.05) is 30.5 Å². The van der Waals surface area contributed by atoms with E-state index in [4.69, 9.17) is 0 Å². The number of aromatic nitrogens is 1. The van der Waals surface area contributed by atoms with E-state index in [1.54, 1.807) is 0 Å². The van der Waals surface area contributed by atoms with Crippen LogP contribution in [0.3, 0.4) is 0 Å². The van der Waals surface area contributed by atoms with Gasteiger partial charge in [-0.25, -0.2) is 4.39 Å². The Kier molecular flexibility index (Phi) is 2.85. The fourth-order valence-electron chi connectivity index (χ4n) is 2.71. The zero-order chi connectivity index (χ0) is 11.7. The second kappa shape index (κ2) is 4.49. The summed E-state index contributed by atoms with van der Waals surface area (Å²) in [5.41, 5.74) is 1.85. The second-order valence-electron chi connectivity index (χ2n) is 4.78. The third kappa shape index (κ3) is 1.95. The maximum absolute atomic E-state index is 14.5. The Morgan fingerprint density at radius 2 is 1.94 bits per heavy atom. The van der Waals surface area contributed by atoms with E-state index in [9.17, 15) is 4.39 Å². The molecule has 0 aliphatic carbocycles. The first kappa shape index (κ1) is 10.8. The summed E-state index contributed by atoms with van der Waals surface area (Å²) in [4.78, 5) is 3.15. The monoisotopic (exact) mass is 232 g/mol. The van der Waals surface area contributed by atoms with Crippen molar-refractivity contribution >= 4 is 10.9 Å². The molecule has 1 aromatic heterocycles. The molecule has 2 aromatic rings. The molecule has 17 heavy (non-hydrogen) atoms. The highest BCUT2D eigenvalue weighted by atomic mass is 19.1. The van der Waals surface area contributed by atoms with Crippen molar-refractivity contribution in [2.45, 2.75) is 19.0 Å². The minimum Gasteiger partial charge on any atom is -0.361 e. The zero-order valence-corrected chi connectivity index (χ0v) is 9.75. The fourth-order valence-corrected chi connectivity index (χ4v) is 2.71. The summed E-state index contributed by atoms with van der Waals surface area (Å²) >= 11 is 0. The first-order valence-corrected chi connectivity index (χ1v) is 6.27. The summed E-state index contributed by atoms with van der Waals surface area (Å²) in [6.07, 6.45) is 2.85. The molecule has 1 aromatic carbocycles. The lowest BCUT2D eigenvalue weighted by molar-refractivity contribution is 0.192. The average Bonchev–Trinajstić information content (AvgIpc) is 2.83. The fraction of sp³-hybridized carbons (Fsp3) is 0.429. The summed E-state index contributed by atoms with van der Waals surface area (Å²) in [6, 6.07) is 7.93. The number of rotatable bonds is 2. The van der Waals surface area contributed by atoms with Crippen molar-refractivity contribution in [3.05, 3.63) is 36.0 Å². The number of halogens is 1. The van der Waals surface area contributed by atoms with Crippen LogP contribution >= 0.6 is 0 Å². The lowest BCUT2D eigenvalue weighted by Crippen LogP contribution is -2.29. The number of hydrogen-bond acceptors (Lipinski definition) is 1. The molecule has 0 amide bonds. The number of hydrogen-bond donors (Lipinski definition) is 2. The number of alkyl halides is 1. The SMILES string of the molecule is FC(c1c[nH]c2ccccc12)C1CCNCC1. The molecule has 2 N–H and O–H groups in total. The summed E-state index contributed by atoms with van der Waals surface area (Å²) in [7, 11) is 0. The molecule has 1 fully saturated rings. The summed E-state index contributed by atoms with van der Waals surface area (Å²) in [5.74, 6) is 0.162. The van der Waals surface area contributed by atoms with Gasteiger partial charge in [0.2, 0.25) is 0 Å². The molecule has 3 rings (SSSR count). The van der Waals surface area contributed by atoms with Crippen molar-refractivity contribution in [2.24, 2.45) is 5.92 Å². The summed E-state index contributed by atoms with van der Waals surface area (Å²) in [5, 5.41) is 4.30. The Labute approximate surface area is 100 Å². The molecular formula is C14H17FN2. The van der Waals surface area contributed by atoms with E-state index in [-0.39, 0.29) is 5.92 Å². The Hall–Kier alpha value is -1.35. The van der Waals surface area contributed by atoms with Crippen LogP contribution in [0.2, 0.25) is 0 Å². The molecule has 90 valence electrons. The molecule has 1 aliphatic rings. The van der Waals surface area contributed by atoms with Crippen LogP contribution in [0.1, 0.15) is 24.6 Å². The third-order valence-electron chi connectivity index (χ3n) is 3.72. The van der Waals surface area contributed by atoms with E-state index in [2.05, 4.69) is 10.3 Å². The van der Waals surface area contributed by atoms with Crippen LogP contribution in [0.25, 0.3) is 10.9 Å². The van der Waals surface area contributed by atoms with Gasteiger partial charge in [0.05, 0.1) is 0 Å². The number of para-hydroxylation sites is 1. The number of benzene rings is 1. The molecule has 1 aliphatic heterocycles. The first-order chi connectivity index (χ1) is 8.36. The highest BCUT2D eigenvalue weighted by Crippen LogP contribution is 2.35. The van der Waals surface area contributed by atoms with Gasteiger partial charge in [0.1, 0.15) is 6.17 Å². The second-order valence-corrected chi connectivity index (χ2v) is 4.78. The van der Waals surface area contributed by atoms with Crippen LogP contribution in [0, 0.1) is 5.92 Å². The van der Waals surface area contributed by atoms with Crippen LogP contribution in [0.4, 0.5) is 4.39 Å². The van der Waals surface area contributed by atoms with Crippen LogP contribution in [0.5, 0.6) is 0 Å². The largest absolute Gasteiger partial charge is 0.361 e. The maximum Gasteiger partial charge on any atom is 0.130 e. The van der Waals surface area contributed by atoms with Gasteiger partial charge in [-0.15, -0.1) is 0 Å². The Morgan fingerprint density at radius 1 is 1.18 bits per heavy atom. The molecule has 1 unspecified atom stereocenters. The minimum atomic E-state index is -0.840. The quantitative estimate of drug-likeness (QED) is 0.817. The van der Waals surface area contributed by atoms with Crippen molar-refractivity contribution in [3.8, 4) is 0 Å². The normalized spacial score (nSPS) is 19.6. The van der Waals surface area contributed by atoms with Gasteiger partial charge in [0.15, 0.2) is 0 Å². The van der Waals surface area contributed by atoms with Crippen LogP contribution in [-0.4, -0.2) is 18.1 Å². The summed E-state index contributed by atoms with van der Waals surface area (Å²) < 4.78 is 14.5. The topological polar surface area (TPSA) is 27.8 Å². The summed E-state index contributed by atoms with van der Waals surface area (Å²) in [6.45, 7) is 1.88. The molecular weight excluding hydrogens is 215 g/mol. The molecule has 0 radical (unpaired) electrons. The standard InChI is InChI=1S/C14H17FN2/c15-14(10-5-7-16-8-6-10)12-9-17-13-4-2-1-3-11(12)13/h1-4,9-10,14,16-17H,5-8H2. The van der Waals surface area contributed by atoms with Gasteiger partial charge in [-0.05, 0) is 37.9 Å².